The summed E-state index contributed by atoms with van der Waals surface area (Å²) in [5.74, 6) is 1.07. The predicted molar refractivity (Wildman–Crippen MR) is 91.0 cm³/mol. The molecular weight excluding hydrogens is 292 g/mol. The van der Waals surface area contributed by atoms with Crippen molar-refractivity contribution in [2.45, 2.75) is 0 Å². The Kier molecular flexibility index (Phi) is 3.97. The van der Waals surface area contributed by atoms with Crippen LogP contribution in [0.2, 0.25) is 0 Å². The van der Waals surface area contributed by atoms with Crippen molar-refractivity contribution in [2.75, 3.05) is 18.2 Å². The molecule has 23 heavy (non-hydrogen) atoms. The normalized spacial score (nSPS) is 10.3. The molecule has 0 aliphatic rings. The maximum absolute atomic E-state index is 11.9. The van der Waals surface area contributed by atoms with Gasteiger partial charge in [-0.25, -0.2) is 4.98 Å². The van der Waals surface area contributed by atoms with Gasteiger partial charge in [0.25, 0.3) is 5.56 Å². The van der Waals surface area contributed by atoms with Crippen molar-refractivity contribution in [3.63, 3.8) is 0 Å². The standard InChI is InChI=1S/C17H16N4O2/c1-23-14-4-2-3-11(9-14)15-10-16(22)21-17(20-15)19-13-7-5-12(18)6-8-13/h2-10H,18H2,1H3,(H2,19,20,21,22). The van der Waals surface area contributed by atoms with Gasteiger partial charge >= 0.3 is 0 Å². The third-order valence-electron chi connectivity index (χ3n) is 3.28. The van der Waals surface area contributed by atoms with E-state index in [9.17, 15) is 4.79 Å². The van der Waals surface area contributed by atoms with Crippen LogP contribution < -0.4 is 21.3 Å². The van der Waals surface area contributed by atoms with Crippen LogP contribution in [0.5, 0.6) is 5.75 Å². The molecule has 3 aromatic rings. The number of ether oxygens (including phenoxy) is 1. The number of rotatable bonds is 4. The van der Waals surface area contributed by atoms with E-state index in [2.05, 4.69) is 15.3 Å². The minimum atomic E-state index is -0.240. The van der Waals surface area contributed by atoms with Crippen LogP contribution in [-0.4, -0.2) is 17.1 Å². The highest BCUT2D eigenvalue weighted by Crippen LogP contribution is 2.22. The Labute approximate surface area is 133 Å². The molecule has 0 amide bonds. The molecule has 0 bridgehead atoms. The van der Waals surface area contributed by atoms with Gasteiger partial charge in [-0.05, 0) is 36.4 Å². The third-order valence-corrected chi connectivity index (χ3v) is 3.28. The molecule has 0 atom stereocenters. The van der Waals surface area contributed by atoms with E-state index in [-0.39, 0.29) is 5.56 Å². The number of hydrogen-bond acceptors (Lipinski definition) is 5. The molecule has 0 aliphatic heterocycles. The van der Waals surface area contributed by atoms with E-state index in [1.807, 2.05) is 36.4 Å². The van der Waals surface area contributed by atoms with E-state index in [1.54, 1.807) is 19.2 Å². The maximum Gasteiger partial charge on any atom is 0.252 e. The molecule has 6 nitrogen and oxygen atoms in total. The van der Waals surface area contributed by atoms with E-state index < -0.39 is 0 Å². The minimum Gasteiger partial charge on any atom is -0.497 e. The summed E-state index contributed by atoms with van der Waals surface area (Å²) in [6, 6.07) is 16.0. The first-order valence-electron chi connectivity index (χ1n) is 7.02. The number of benzene rings is 2. The molecule has 3 rings (SSSR count). The predicted octanol–water partition coefficient (Wildman–Crippen LogP) is 2.77. The Morgan fingerprint density at radius 2 is 1.91 bits per heavy atom. The van der Waals surface area contributed by atoms with Crippen molar-refractivity contribution in [1.82, 2.24) is 9.97 Å². The fourth-order valence-electron chi connectivity index (χ4n) is 2.15. The zero-order chi connectivity index (χ0) is 16.2. The van der Waals surface area contributed by atoms with Crippen LogP contribution in [0.4, 0.5) is 17.3 Å². The lowest BCUT2D eigenvalue weighted by Gasteiger charge is -2.08. The Morgan fingerprint density at radius 1 is 1.13 bits per heavy atom. The highest BCUT2D eigenvalue weighted by molar-refractivity contribution is 5.64. The number of anilines is 3. The third kappa shape index (κ3) is 3.49. The zero-order valence-electron chi connectivity index (χ0n) is 12.5. The highest BCUT2D eigenvalue weighted by atomic mass is 16.5. The number of H-pyrrole nitrogens is 1. The number of aromatic nitrogens is 2. The Balaban J connectivity index is 1.95. The van der Waals surface area contributed by atoms with Crippen molar-refractivity contribution >= 4 is 17.3 Å². The van der Waals surface area contributed by atoms with E-state index in [0.29, 0.717) is 23.1 Å². The topological polar surface area (TPSA) is 93.0 Å². The molecule has 6 heteroatoms. The van der Waals surface area contributed by atoms with Gasteiger partial charge in [0.1, 0.15) is 5.75 Å². The summed E-state index contributed by atoms with van der Waals surface area (Å²) >= 11 is 0. The summed E-state index contributed by atoms with van der Waals surface area (Å²) in [4.78, 5) is 19.0. The number of nitrogens with one attached hydrogen (secondary N) is 2. The lowest BCUT2D eigenvalue weighted by molar-refractivity contribution is 0.415. The summed E-state index contributed by atoms with van der Waals surface area (Å²) in [6.07, 6.45) is 0. The average Bonchev–Trinajstić information content (AvgIpc) is 2.56. The Bertz CT molecular complexity index is 872. The number of aromatic amines is 1. The molecule has 0 spiro atoms. The summed E-state index contributed by atoms with van der Waals surface area (Å²) in [5.41, 5.74) is 8.23. The molecule has 0 aliphatic carbocycles. The minimum absolute atomic E-state index is 0.240. The lowest BCUT2D eigenvalue weighted by atomic mass is 10.1. The summed E-state index contributed by atoms with van der Waals surface area (Å²) < 4.78 is 5.20. The van der Waals surface area contributed by atoms with Crippen molar-refractivity contribution in [3.8, 4) is 17.0 Å². The highest BCUT2D eigenvalue weighted by Gasteiger charge is 2.06. The van der Waals surface area contributed by atoms with Gasteiger partial charge in [-0.15, -0.1) is 0 Å². The second-order valence-electron chi connectivity index (χ2n) is 4.96. The number of nitrogens with two attached hydrogens (primary N) is 1. The van der Waals surface area contributed by atoms with Gasteiger partial charge in [0.15, 0.2) is 0 Å². The summed E-state index contributed by atoms with van der Waals surface area (Å²) in [7, 11) is 1.60. The van der Waals surface area contributed by atoms with Crippen molar-refractivity contribution < 1.29 is 4.74 Å². The van der Waals surface area contributed by atoms with Crippen LogP contribution in [0, 0.1) is 0 Å². The SMILES string of the molecule is COc1cccc(-c2cc(=O)[nH]c(Nc3ccc(N)cc3)n2)c1. The van der Waals surface area contributed by atoms with Crippen LogP contribution >= 0.6 is 0 Å². The number of nitrogen functional groups attached to an aromatic ring is 1. The second kappa shape index (κ2) is 6.23. The molecule has 0 fully saturated rings. The molecule has 1 aromatic heterocycles. The lowest BCUT2D eigenvalue weighted by Crippen LogP contribution is -2.10. The molecule has 0 saturated carbocycles. The van der Waals surface area contributed by atoms with Gasteiger partial charge < -0.3 is 15.8 Å². The largest absolute Gasteiger partial charge is 0.497 e. The first-order chi connectivity index (χ1) is 11.1. The van der Waals surface area contributed by atoms with Gasteiger partial charge in [-0.3, -0.25) is 9.78 Å². The fraction of sp³-hybridized carbons (Fsp3) is 0.0588. The van der Waals surface area contributed by atoms with Crippen molar-refractivity contribution in [2.24, 2.45) is 0 Å². The Morgan fingerprint density at radius 3 is 2.65 bits per heavy atom. The number of methoxy groups -OCH3 is 1. The van der Waals surface area contributed by atoms with Crippen molar-refractivity contribution in [1.29, 1.82) is 0 Å². The molecule has 0 saturated heterocycles. The average molecular weight is 308 g/mol. The van der Waals surface area contributed by atoms with Crippen LogP contribution in [0.15, 0.2) is 59.4 Å². The van der Waals surface area contributed by atoms with Gasteiger partial charge in [0.05, 0.1) is 12.8 Å². The van der Waals surface area contributed by atoms with Gasteiger partial charge in [0.2, 0.25) is 5.95 Å². The quantitative estimate of drug-likeness (QED) is 0.644. The maximum atomic E-state index is 11.9. The molecular formula is C17H16N4O2. The molecule has 0 unspecified atom stereocenters. The van der Waals surface area contributed by atoms with Crippen molar-refractivity contribution in [3.05, 3.63) is 65.0 Å². The van der Waals surface area contributed by atoms with E-state index in [0.717, 1.165) is 11.3 Å². The number of nitrogens with zero attached hydrogens (tertiary/aromatic N) is 1. The summed E-state index contributed by atoms with van der Waals surface area (Å²) in [5, 5.41) is 3.06. The molecule has 2 aromatic carbocycles. The molecule has 0 radical (unpaired) electrons. The van der Waals surface area contributed by atoms with Crippen LogP contribution in [-0.2, 0) is 0 Å². The zero-order valence-corrected chi connectivity index (χ0v) is 12.5. The fourth-order valence-corrected chi connectivity index (χ4v) is 2.15. The van der Waals surface area contributed by atoms with E-state index in [1.165, 1.54) is 6.07 Å². The van der Waals surface area contributed by atoms with Gasteiger partial charge in [-0.2, -0.15) is 0 Å². The van der Waals surface area contributed by atoms with Gasteiger partial charge in [0, 0.05) is 23.0 Å². The number of hydrogen-bond donors (Lipinski definition) is 3. The molecule has 4 N–H and O–H groups in total. The smallest absolute Gasteiger partial charge is 0.252 e. The van der Waals surface area contributed by atoms with Crippen LogP contribution in [0.3, 0.4) is 0 Å². The molecule has 1 heterocycles. The van der Waals surface area contributed by atoms with E-state index in [4.69, 9.17) is 10.5 Å². The Hall–Kier alpha value is -3.28. The second-order valence-corrected chi connectivity index (χ2v) is 4.96. The monoisotopic (exact) mass is 308 g/mol. The molecule has 116 valence electrons. The summed E-state index contributed by atoms with van der Waals surface area (Å²) in [6.45, 7) is 0. The van der Waals surface area contributed by atoms with E-state index >= 15 is 0 Å². The van der Waals surface area contributed by atoms with Crippen LogP contribution in [0.1, 0.15) is 0 Å². The first kappa shape index (κ1) is 14.6. The van der Waals surface area contributed by atoms with Crippen LogP contribution in [0.25, 0.3) is 11.3 Å². The first-order valence-corrected chi connectivity index (χ1v) is 7.02. The van der Waals surface area contributed by atoms with Gasteiger partial charge in [-0.1, -0.05) is 12.1 Å².